The standard InChI is InChI=1S/C27H31N/c1-3-5-21-9-14-25(15-10-21)26-16-11-22(12-17-26)7-8-23-13-18-24(6-4-2)27(19-23)20-28/h9-10,13-15,18-19,22,26H,3-6,11-12,16-17H2,1-2H3. The van der Waals surface area contributed by atoms with Crippen LogP contribution in [0.15, 0.2) is 42.5 Å². The van der Waals surface area contributed by atoms with Gasteiger partial charge in [0.25, 0.3) is 0 Å². The van der Waals surface area contributed by atoms with Crippen molar-refractivity contribution in [2.45, 2.75) is 71.1 Å². The topological polar surface area (TPSA) is 23.8 Å². The second-order valence-corrected chi connectivity index (χ2v) is 8.04. The van der Waals surface area contributed by atoms with Gasteiger partial charge in [0.15, 0.2) is 0 Å². The normalized spacial score (nSPS) is 18.8. The third-order valence-electron chi connectivity index (χ3n) is 5.89. The molecule has 0 N–H and O–H groups in total. The van der Waals surface area contributed by atoms with E-state index < -0.39 is 0 Å². The molecule has 0 amide bonds. The van der Waals surface area contributed by atoms with E-state index >= 15 is 0 Å². The van der Waals surface area contributed by atoms with E-state index in [0.717, 1.165) is 29.5 Å². The Labute approximate surface area is 170 Å². The number of nitrogens with zero attached hydrogens (tertiary/aromatic N) is 1. The lowest BCUT2D eigenvalue weighted by atomic mass is 9.78. The summed E-state index contributed by atoms with van der Waals surface area (Å²) >= 11 is 0. The summed E-state index contributed by atoms with van der Waals surface area (Å²) in [6.45, 7) is 4.38. The van der Waals surface area contributed by atoms with Gasteiger partial charge in [-0.25, -0.2) is 0 Å². The number of rotatable bonds is 5. The van der Waals surface area contributed by atoms with Gasteiger partial charge in [-0.2, -0.15) is 5.26 Å². The molecule has 1 saturated carbocycles. The van der Waals surface area contributed by atoms with Crippen LogP contribution in [0.2, 0.25) is 0 Å². The summed E-state index contributed by atoms with van der Waals surface area (Å²) in [6, 6.07) is 17.7. The minimum atomic E-state index is 0.483. The fourth-order valence-electron chi connectivity index (χ4n) is 4.25. The van der Waals surface area contributed by atoms with E-state index in [1.54, 1.807) is 0 Å². The maximum atomic E-state index is 9.37. The van der Waals surface area contributed by atoms with Gasteiger partial charge >= 0.3 is 0 Å². The van der Waals surface area contributed by atoms with Crippen LogP contribution < -0.4 is 0 Å². The van der Waals surface area contributed by atoms with Crippen LogP contribution in [0, 0.1) is 29.1 Å². The van der Waals surface area contributed by atoms with Crippen molar-refractivity contribution in [3.8, 4) is 17.9 Å². The second-order valence-electron chi connectivity index (χ2n) is 8.04. The molecule has 2 aromatic rings. The molecule has 1 aliphatic rings. The first-order valence-corrected chi connectivity index (χ1v) is 10.9. The average Bonchev–Trinajstić information content (AvgIpc) is 2.74. The molecule has 1 aliphatic carbocycles. The van der Waals surface area contributed by atoms with Crippen molar-refractivity contribution in [3.05, 3.63) is 70.3 Å². The lowest BCUT2D eigenvalue weighted by molar-refractivity contribution is 0.384. The molecule has 0 saturated heterocycles. The van der Waals surface area contributed by atoms with Gasteiger partial charge in [-0.1, -0.05) is 68.9 Å². The van der Waals surface area contributed by atoms with Crippen LogP contribution >= 0.6 is 0 Å². The Balaban J connectivity index is 1.58. The van der Waals surface area contributed by atoms with Gasteiger partial charge in [0, 0.05) is 11.5 Å². The fourth-order valence-corrected chi connectivity index (χ4v) is 4.25. The van der Waals surface area contributed by atoms with Crippen LogP contribution in [0.25, 0.3) is 0 Å². The summed E-state index contributed by atoms with van der Waals surface area (Å²) in [5, 5.41) is 9.37. The number of nitriles is 1. The Morgan fingerprint density at radius 3 is 2.25 bits per heavy atom. The van der Waals surface area contributed by atoms with E-state index in [4.69, 9.17) is 0 Å². The third-order valence-corrected chi connectivity index (χ3v) is 5.89. The van der Waals surface area contributed by atoms with Gasteiger partial charge in [-0.05, 0) is 73.3 Å². The molecule has 2 aromatic carbocycles. The number of hydrogen-bond donors (Lipinski definition) is 0. The van der Waals surface area contributed by atoms with Crippen LogP contribution in [-0.2, 0) is 12.8 Å². The molecule has 3 rings (SSSR count). The summed E-state index contributed by atoms with van der Waals surface area (Å²) in [5.41, 5.74) is 5.85. The van der Waals surface area contributed by atoms with E-state index in [-0.39, 0.29) is 0 Å². The van der Waals surface area contributed by atoms with Gasteiger partial charge < -0.3 is 0 Å². The minimum Gasteiger partial charge on any atom is -0.192 e. The van der Waals surface area contributed by atoms with Gasteiger partial charge in [0.05, 0.1) is 11.6 Å². The van der Waals surface area contributed by atoms with Crippen molar-refractivity contribution >= 4 is 0 Å². The van der Waals surface area contributed by atoms with Crippen molar-refractivity contribution < 1.29 is 0 Å². The highest BCUT2D eigenvalue weighted by Gasteiger charge is 2.21. The van der Waals surface area contributed by atoms with Crippen LogP contribution in [0.5, 0.6) is 0 Å². The summed E-state index contributed by atoms with van der Waals surface area (Å²) in [5.74, 6) is 7.98. The largest absolute Gasteiger partial charge is 0.192 e. The number of hydrogen-bond acceptors (Lipinski definition) is 1. The van der Waals surface area contributed by atoms with E-state index in [1.807, 2.05) is 6.07 Å². The highest BCUT2D eigenvalue weighted by Crippen LogP contribution is 2.35. The molecule has 0 aliphatic heterocycles. The molecule has 0 atom stereocenters. The summed E-state index contributed by atoms with van der Waals surface area (Å²) < 4.78 is 0. The summed E-state index contributed by atoms with van der Waals surface area (Å²) in [4.78, 5) is 0. The molecule has 0 radical (unpaired) electrons. The molecular weight excluding hydrogens is 338 g/mol. The monoisotopic (exact) mass is 369 g/mol. The SMILES string of the molecule is CCCc1ccc(C2CCC(C#Cc3ccc(CCC)c(C#N)c3)CC2)cc1. The van der Waals surface area contributed by atoms with Gasteiger partial charge in [-0.3, -0.25) is 0 Å². The van der Waals surface area contributed by atoms with Crippen LogP contribution in [-0.4, -0.2) is 0 Å². The highest BCUT2D eigenvalue weighted by atomic mass is 14.3. The van der Waals surface area contributed by atoms with E-state index in [2.05, 4.69) is 68.2 Å². The van der Waals surface area contributed by atoms with Crippen LogP contribution in [0.3, 0.4) is 0 Å². The van der Waals surface area contributed by atoms with Crippen molar-refractivity contribution in [3.63, 3.8) is 0 Å². The van der Waals surface area contributed by atoms with Crippen LogP contribution in [0.4, 0.5) is 0 Å². The van der Waals surface area contributed by atoms with Crippen LogP contribution in [0.1, 0.15) is 86.1 Å². The molecule has 1 nitrogen and oxygen atoms in total. The maximum Gasteiger partial charge on any atom is 0.0994 e. The van der Waals surface area contributed by atoms with Crippen molar-refractivity contribution in [2.75, 3.05) is 0 Å². The molecule has 1 heteroatoms. The molecule has 1 fully saturated rings. The molecule has 0 spiro atoms. The predicted molar refractivity (Wildman–Crippen MR) is 117 cm³/mol. The highest BCUT2D eigenvalue weighted by molar-refractivity contribution is 5.46. The Morgan fingerprint density at radius 1 is 0.893 bits per heavy atom. The molecule has 28 heavy (non-hydrogen) atoms. The Kier molecular flexibility index (Phi) is 7.33. The maximum absolute atomic E-state index is 9.37. The van der Waals surface area contributed by atoms with Crippen molar-refractivity contribution in [1.29, 1.82) is 5.26 Å². The van der Waals surface area contributed by atoms with Crippen molar-refractivity contribution in [1.82, 2.24) is 0 Å². The molecule has 144 valence electrons. The molecule has 0 aromatic heterocycles. The van der Waals surface area contributed by atoms with Gasteiger partial charge in [0.2, 0.25) is 0 Å². The smallest absolute Gasteiger partial charge is 0.0994 e. The first kappa shape index (κ1) is 20.2. The lowest BCUT2D eigenvalue weighted by Gasteiger charge is -2.26. The zero-order valence-electron chi connectivity index (χ0n) is 17.3. The molecule has 0 heterocycles. The number of aryl methyl sites for hydroxylation is 2. The Morgan fingerprint density at radius 2 is 1.61 bits per heavy atom. The quantitative estimate of drug-likeness (QED) is 0.532. The predicted octanol–water partition coefficient (Wildman–Crippen LogP) is 6.79. The Bertz CT molecular complexity index is 865. The van der Waals surface area contributed by atoms with Gasteiger partial charge in [0.1, 0.15) is 0 Å². The summed E-state index contributed by atoms with van der Waals surface area (Å²) in [7, 11) is 0. The van der Waals surface area contributed by atoms with E-state index in [1.165, 1.54) is 49.7 Å². The zero-order chi connectivity index (χ0) is 19.8. The fraction of sp³-hybridized carbons (Fsp3) is 0.444. The lowest BCUT2D eigenvalue weighted by Crippen LogP contribution is -2.12. The second kappa shape index (κ2) is 10.1. The third kappa shape index (κ3) is 5.27. The van der Waals surface area contributed by atoms with Gasteiger partial charge in [-0.15, -0.1) is 0 Å². The summed E-state index contributed by atoms with van der Waals surface area (Å²) in [6.07, 6.45) is 9.21. The molecule has 0 bridgehead atoms. The minimum absolute atomic E-state index is 0.483. The Hall–Kier alpha value is -2.51. The first-order valence-electron chi connectivity index (χ1n) is 10.9. The average molecular weight is 370 g/mol. The zero-order valence-corrected chi connectivity index (χ0v) is 17.3. The van der Waals surface area contributed by atoms with E-state index in [9.17, 15) is 5.26 Å². The van der Waals surface area contributed by atoms with Crippen molar-refractivity contribution in [2.24, 2.45) is 5.92 Å². The van der Waals surface area contributed by atoms with E-state index in [0.29, 0.717) is 11.8 Å². The molecule has 0 unspecified atom stereocenters. The first-order chi connectivity index (χ1) is 13.7. The number of benzene rings is 2. The molecular formula is C27H31N.